The first-order valence-electron chi connectivity index (χ1n) is 7.49. The fourth-order valence-electron chi connectivity index (χ4n) is 3.06. The molecule has 102 valence electrons. The molecule has 0 aliphatic heterocycles. The minimum Gasteiger partial charge on any atom is -0.309 e. The van der Waals surface area contributed by atoms with Crippen LogP contribution in [-0.4, -0.2) is 6.04 Å². The van der Waals surface area contributed by atoms with Crippen molar-refractivity contribution >= 4 is 11.3 Å². The Morgan fingerprint density at radius 2 is 2.00 bits per heavy atom. The van der Waals surface area contributed by atoms with Gasteiger partial charge in [0, 0.05) is 17.5 Å². The van der Waals surface area contributed by atoms with Crippen LogP contribution in [0, 0.1) is 11.8 Å². The highest BCUT2D eigenvalue weighted by atomic mass is 32.1. The molecule has 1 aromatic rings. The molecule has 0 bridgehead atoms. The molecule has 0 unspecified atom stereocenters. The first-order valence-corrected chi connectivity index (χ1v) is 8.37. The van der Waals surface area contributed by atoms with E-state index in [1.54, 1.807) is 4.88 Å². The van der Waals surface area contributed by atoms with Crippen molar-refractivity contribution in [1.29, 1.82) is 0 Å². The average molecular weight is 265 g/mol. The molecule has 18 heavy (non-hydrogen) atoms. The van der Waals surface area contributed by atoms with E-state index in [1.807, 2.05) is 11.3 Å². The standard InChI is InChI=1S/C16H27NS/c1-4-13-9-10-18-16(13)11-17-15-7-5-14(6-8-15)12(2)3/h9-10,12,14-15,17H,4-8,11H2,1-3H3. The molecule has 0 radical (unpaired) electrons. The van der Waals surface area contributed by atoms with Gasteiger partial charge in [-0.3, -0.25) is 0 Å². The summed E-state index contributed by atoms with van der Waals surface area (Å²) >= 11 is 1.91. The average Bonchev–Trinajstić information content (AvgIpc) is 2.84. The Bertz CT molecular complexity index is 348. The molecule has 1 nitrogen and oxygen atoms in total. The lowest BCUT2D eigenvalue weighted by Crippen LogP contribution is -2.33. The third kappa shape index (κ3) is 3.58. The summed E-state index contributed by atoms with van der Waals surface area (Å²) in [5.41, 5.74) is 1.53. The molecule has 0 aromatic carbocycles. The summed E-state index contributed by atoms with van der Waals surface area (Å²) < 4.78 is 0. The lowest BCUT2D eigenvalue weighted by atomic mass is 9.80. The van der Waals surface area contributed by atoms with Crippen molar-refractivity contribution in [3.05, 3.63) is 21.9 Å². The van der Waals surface area contributed by atoms with E-state index in [4.69, 9.17) is 0 Å². The minimum atomic E-state index is 0.756. The van der Waals surface area contributed by atoms with Crippen molar-refractivity contribution in [2.24, 2.45) is 11.8 Å². The van der Waals surface area contributed by atoms with Gasteiger partial charge in [-0.25, -0.2) is 0 Å². The fraction of sp³-hybridized carbons (Fsp3) is 0.750. The number of aryl methyl sites for hydroxylation is 1. The quantitative estimate of drug-likeness (QED) is 0.819. The van der Waals surface area contributed by atoms with Gasteiger partial charge in [0.2, 0.25) is 0 Å². The van der Waals surface area contributed by atoms with Crippen LogP contribution in [0.4, 0.5) is 0 Å². The van der Waals surface area contributed by atoms with E-state index in [0.29, 0.717) is 0 Å². The highest BCUT2D eigenvalue weighted by Crippen LogP contribution is 2.30. The van der Waals surface area contributed by atoms with E-state index in [2.05, 4.69) is 37.5 Å². The van der Waals surface area contributed by atoms with E-state index in [0.717, 1.165) is 24.4 Å². The first-order chi connectivity index (χ1) is 8.70. The maximum absolute atomic E-state index is 3.77. The minimum absolute atomic E-state index is 0.756. The second kappa shape index (κ2) is 6.72. The number of hydrogen-bond acceptors (Lipinski definition) is 2. The Labute approximate surface area is 116 Å². The van der Waals surface area contributed by atoms with Crippen LogP contribution in [0.2, 0.25) is 0 Å². The molecule has 0 spiro atoms. The zero-order valence-corrected chi connectivity index (χ0v) is 12.9. The lowest BCUT2D eigenvalue weighted by molar-refractivity contribution is 0.238. The molecule has 1 heterocycles. The summed E-state index contributed by atoms with van der Waals surface area (Å²) in [6, 6.07) is 3.03. The maximum atomic E-state index is 3.77. The van der Waals surface area contributed by atoms with Crippen molar-refractivity contribution in [2.45, 2.75) is 65.5 Å². The predicted molar refractivity (Wildman–Crippen MR) is 81.1 cm³/mol. The summed E-state index contributed by atoms with van der Waals surface area (Å²) in [5.74, 6) is 1.84. The number of thiophene rings is 1. The lowest BCUT2D eigenvalue weighted by Gasteiger charge is -2.31. The van der Waals surface area contributed by atoms with E-state index in [1.165, 1.54) is 37.7 Å². The molecule has 2 rings (SSSR count). The van der Waals surface area contributed by atoms with E-state index in [-0.39, 0.29) is 0 Å². The Morgan fingerprint density at radius 1 is 1.28 bits per heavy atom. The summed E-state index contributed by atoms with van der Waals surface area (Å²) in [7, 11) is 0. The topological polar surface area (TPSA) is 12.0 Å². The van der Waals surface area contributed by atoms with Crippen LogP contribution in [-0.2, 0) is 13.0 Å². The van der Waals surface area contributed by atoms with E-state index < -0.39 is 0 Å². The highest BCUT2D eigenvalue weighted by molar-refractivity contribution is 7.10. The highest BCUT2D eigenvalue weighted by Gasteiger charge is 2.22. The van der Waals surface area contributed by atoms with Crippen molar-refractivity contribution in [3.63, 3.8) is 0 Å². The summed E-state index contributed by atoms with van der Waals surface area (Å²) in [6.45, 7) is 8.08. The third-order valence-corrected chi connectivity index (χ3v) is 5.45. The fourth-order valence-corrected chi connectivity index (χ4v) is 3.99. The van der Waals surface area contributed by atoms with Crippen LogP contribution < -0.4 is 5.32 Å². The second-order valence-corrected chi connectivity index (χ2v) is 6.96. The van der Waals surface area contributed by atoms with Gasteiger partial charge < -0.3 is 5.32 Å². The maximum Gasteiger partial charge on any atom is 0.0305 e. The molecule has 0 saturated heterocycles. The Kier molecular flexibility index (Phi) is 5.25. The van der Waals surface area contributed by atoms with Crippen LogP contribution in [0.1, 0.15) is 56.9 Å². The monoisotopic (exact) mass is 265 g/mol. The number of rotatable bonds is 5. The molecule has 1 N–H and O–H groups in total. The SMILES string of the molecule is CCc1ccsc1CNC1CCC(C(C)C)CC1. The molecule has 0 amide bonds. The van der Waals surface area contributed by atoms with Crippen LogP contribution in [0.25, 0.3) is 0 Å². The number of hydrogen-bond donors (Lipinski definition) is 1. The van der Waals surface area contributed by atoms with Crippen LogP contribution in [0.3, 0.4) is 0 Å². The Morgan fingerprint density at radius 3 is 2.61 bits per heavy atom. The largest absolute Gasteiger partial charge is 0.309 e. The zero-order valence-electron chi connectivity index (χ0n) is 12.0. The van der Waals surface area contributed by atoms with Gasteiger partial charge in [-0.15, -0.1) is 11.3 Å². The Balaban J connectivity index is 1.75. The molecule has 0 atom stereocenters. The molecule has 1 aromatic heterocycles. The van der Waals surface area contributed by atoms with E-state index >= 15 is 0 Å². The van der Waals surface area contributed by atoms with Crippen LogP contribution >= 0.6 is 11.3 Å². The first kappa shape index (κ1) is 14.1. The normalized spacial score (nSPS) is 24.7. The number of nitrogens with one attached hydrogen (secondary N) is 1. The molecular formula is C16H27NS. The van der Waals surface area contributed by atoms with Crippen LogP contribution in [0.5, 0.6) is 0 Å². The molecular weight excluding hydrogens is 238 g/mol. The van der Waals surface area contributed by atoms with Gasteiger partial charge in [-0.2, -0.15) is 0 Å². The zero-order chi connectivity index (χ0) is 13.0. The van der Waals surface area contributed by atoms with Gasteiger partial charge in [-0.1, -0.05) is 20.8 Å². The smallest absolute Gasteiger partial charge is 0.0305 e. The van der Waals surface area contributed by atoms with Gasteiger partial charge >= 0.3 is 0 Å². The van der Waals surface area contributed by atoms with Crippen molar-refractivity contribution in [1.82, 2.24) is 5.32 Å². The summed E-state index contributed by atoms with van der Waals surface area (Å²) in [6.07, 6.45) is 6.74. The van der Waals surface area contributed by atoms with Crippen molar-refractivity contribution in [2.75, 3.05) is 0 Å². The Hall–Kier alpha value is -0.340. The van der Waals surface area contributed by atoms with Gasteiger partial charge in [-0.05, 0) is 60.9 Å². The van der Waals surface area contributed by atoms with Crippen LogP contribution in [0.15, 0.2) is 11.4 Å². The third-order valence-electron chi connectivity index (χ3n) is 4.48. The van der Waals surface area contributed by atoms with Gasteiger partial charge in [0.15, 0.2) is 0 Å². The second-order valence-electron chi connectivity index (χ2n) is 5.96. The van der Waals surface area contributed by atoms with Gasteiger partial charge in [0.05, 0.1) is 0 Å². The molecule has 2 heteroatoms. The molecule has 1 saturated carbocycles. The predicted octanol–water partition coefficient (Wildman–Crippen LogP) is 4.61. The van der Waals surface area contributed by atoms with Gasteiger partial charge in [0.1, 0.15) is 0 Å². The van der Waals surface area contributed by atoms with Crippen molar-refractivity contribution in [3.8, 4) is 0 Å². The summed E-state index contributed by atoms with van der Waals surface area (Å²) in [4.78, 5) is 1.54. The van der Waals surface area contributed by atoms with Crippen molar-refractivity contribution < 1.29 is 0 Å². The summed E-state index contributed by atoms with van der Waals surface area (Å²) in [5, 5.41) is 6.00. The van der Waals surface area contributed by atoms with E-state index in [9.17, 15) is 0 Å². The molecule has 1 fully saturated rings. The van der Waals surface area contributed by atoms with Gasteiger partial charge in [0.25, 0.3) is 0 Å². The molecule has 1 aliphatic carbocycles. The molecule has 1 aliphatic rings.